The summed E-state index contributed by atoms with van der Waals surface area (Å²) in [6.07, 6.45) is 1.97. The highest BCUT2D eigenvalue weighted by atomic mass is 32.2. The van der Waals surface area contributed by atoms with Crippen molar-refractivity contribution in [2.75, 3.05) is 6.26 Å². The molecule has 0 spiro atoms. The molecule has 2 aromatic rings. The molecule has 0 atom stereocenters. The molecule has 2 heterocycles. The Morgan fingerprint density at radius 3 is 3.27 bits per heavy atom. The zero-order valence-corrected chi connectivity index (χ0v) is 9.56. The molecule has 0 unspecified atom stereocenters. The van der Waals surface area contributed by atoms with Crippen molar-refractivity contribution in [3.63, 3.8) is 0 Å². The van der Waals surface area contributed by atoms with Crippen molar-refractivity contribution in [2.45, 2.75) is 5.75 Å². The lowest BCUT2D eigenvalue weighted by Gasteiger charge is -1.87. The van der Waals surface area contributed by atoms with Gasteiger partial charge in [0.15, 0.2) is 5.82 Å². The van der Waals surface area contributed by atoms with Gasteiger partial charge < -0.3 is 4.52 Å². The van der Waals surface area contributed by atoms with Crippen LogP contribution in [-0.2, 0) is 5.75 Å². The molecule has 6 heteroatoms. The highest BCUT2D eigenvalue weighted by Crippen LogP contribution is 2.27. The van der Waals surface area contributed by atoms with Crippen molar-refractivity contribution in [2.24, 2.45) is 0 Å². The quantitative estimate of drug-likeness (QED) is 0.820. The lowest BCUT2D eigenvalue weighted by molar-refractivity contribution is 0.426. The Morgan fingerprint density at radius 2 is 2.53 bits per heavy atom. The van der Waals surface area contributed by atoms with Gasteiger partial charge in [-0.15, -0.1) is 11.3 Å². The number of nitrogens with zero attached hydrogens (tertiary/aromatic N) is 3. The minimum Gasteiger partial charge on any atom is -0.333 e. The predicted molar refractivity (Wildman–Crippen MR) is 59.5 cm³/mol. The molecule has 0 aliphatic carbocycles. The number of thiophene rings is 1. The van der Waals surface area contributed by atoms with Gasteiger partial charge in [-0.25, -0.2) is 0 Å². The molecule has 0 amide bonds. The fourth-order valence-corrected chi connectivity index (χ4v) is 2.24. The maximum absolute atomic E-state index is 8.84. The second kappa shape index (κ2) is 4.47. The molecule has 0 saturated heterocycles. The highest BCUT2D eigenvalue weighted by Gasteiger charge is 2.13. The number of hydrogen-bond acceptors (Lipinski definition) is 6. The SMILES string of the molecule is CSCc1noc(-c2sccc2C#N)n1. The van der Waals surface area contributed by atoms with Gasteiger partial charge in [0.05, 0.1) is 11.3 Å². The molecule has 2 aromatic heterocycles. The van der Waals surface area contributed by atoms with Gasteiger partial charge in [-0.05, 0) is 17.7 Å². The van der Waals surface area contributed by atoms with Gasteiger partial charge in [0.2, 0.25) is 0 Å². The van der Waals surface area contributed by atoms with Gasteiger partial charge >= 0.3 is 0 Å². The zero-order valence-electron chi connectivity index (χ0n) is 7.93. The summed E-state index contributed by atoms with van der Waals surface area (Å²) in [7, 11) is 0. The number of aromatic nitrogens is 2. The van der Waals surface area contributed by atoms with Gasteiger partial charge in [-0.3, -0.25) is 0 Å². The molecule has 0 saturated carbocycles. The number of hydrogen-bond donors (Lipinski definition) is 0. The first kappa shape index (κ1) is 10.2. The summed E-state index contributed by atoms with van der Waals surface area (Å²) in [6.45, 7) is 0. The van der Waals surface area contributed by atoms with Gasteiger partial charge in [0.25, 0.3) is 5.89 Å². The van der Waals surface area contributed by atoms with E-state index in [0.29, 0.717) is 17.3 Å². The van der Waals surface area contributed by atoms with Crippen molar-refractivity contribution in [3.8, 4) is 16.8 Å². The molecular formula is C9H7N3OS2. The summed E-state index contributed by atoms with van der Waals surface area (Å²) >= 11 is 3.06. The molecule has 76 valence electrons. The minimum absolute atomic E-state index is 0.436. The summed E-state index contributed by atoms with van der Waals surface area (Å²) in [6, 6.07) is 3.84. The Balaban J connectivity index is 2.34. The standard InChI is InChI=1S/C9H7N3OS2/c1-14-5-7-11-9(13-12-7)8-6(4-10)2-3-15-8/h2-3H,5H2,1H3. The predicted octanol–water partition coefficient (Wildman–Crippen LogP) is 2.53. The zero-order chi connectivity index (χ0) is 10.7. The van der Waals surface area contributed by atoms with E-state index < -0.39 is 0 Å². The highest BCUT2D eigenvalue weighted by molar-refractivity contribution is 7.97. The van der Waals surface area contributed by atoms with Crippen LogP contribution in [0.5, 0.6) is 0 Å². The van der Waals surface area contributed by atoms with Crippen LogP contribution in [0, 0.1) is 11.3 Å². The monoisotopic (exact) mass is 237 g/mol. The van der Waals surface area contributed by atoms with Crippen LogP contribution in [0.2, 0.25) is 0 Å². The number of nitriles is 1. The Morgan fingerprint density at radius 1 is 1.67 bits per heavy atom. The van der Waals surface area contributed by atoms with Crippen molar-refractivity contribution in [1.29, 1.82) is 5.26 Å². The molecule has 0 N–H and O–H groups in total. The molecule has 2 rings (SSSR count). The van der Waals surface area contributed by atoms with Gasteiger partial charge in [0.1, 0.15) is 10.9 Å². The summed E-state index contributed by atoms with van der Waals surface area (Å²) in [4.78, 5) is 4.96. The molecule has 0 aliphatic heterocycles. The average molecular weight is 237 g/mol. The van der Waals surface area contributed by atoms with E-state index in [2.05, 4.69) is 16.2 Å². The van der Waals surface area contributed by atoms with E-state index in [1.54, 1.807) is 17.8 Å². The first-order valence-electron chi connectivity index (χ1n) is 4.14. The van der Waals surface area contributed by atoms with Crippen molar-refractivity contribution in [3.05, 3.63) is 22.8 Å². The van der Waals surface area contributed by atoms with Crippen molar-refractivity contribution in [1.82, 2.24) is 10.1 Å². The van der Waals surface area contributed by atoms with E-state index in [9.17, 15) is 0 Å². The summed E-state index contributed by atoms with van der Waals surface area (Å²) in [5, 5.41) is 14.5. The molecule has 15 heavy (non-hydrogen) atoms. The van der Waals surface area contributed by atoms with E-state index in [4.69, 9.17) is 9.78 Å². The van der Waals surface area contributed by atoms with E-state index >= 15 is 0 Å². The van der Waals surface area contributed by atoms with E-state index in [0.717, 1.165) is 10.6 Å². The fourth-order valence-electron chi connectivity index (χ4n) is 1.10. The number of thioether (sulfide) groups is 1. The van der Waals surface area contributed by atoms with E-state index in [1.165, 1.54) is 11.3 Å². The summed E-state index contributed by atoms with van der Waals surface area (Å²) in [5.41, 5.74) is 0.583. The molecular weight excluding hydrogens is 230 g/mol. The first-order chi connectivity index (χ1) is 7.35. The van der Waals surface area contributed by atoms with Crippen LogP contribution in [0.15, 0.2) is 16.0 Å². The van der Waals surface area contributed by atoms with E-state index in [-0.39, 0.29) is 0 Å². The maximum atomic E-state index is 8.84. The molecule has 0 fully saturated rings. The van der Waals surface area contributed by atoms with Crippen molar-refractivity contribution >= 4 is 23.1 Å². The average Bonchev–Trinajstić information content (AvgIpc) is 2.84. The molecule has 0 aliphatic rings. The third-order valence-electron chi connectivity index (χ3n) is 1.72. The van der Waals surface area contributed by atoms with Gasteiger partial charge in [-0.2, -0.15) is 22.0 Å². The Kier molecular flexibility index (Phi) is 3.04. The second-order valence-corrected chi connectivity index (χ2v) is 4.51. The molecule has 0 radical (unpaired) electrons. The largest absolute Gasteiger partial charge is 0.333 e. The fraction of sp³-hybridized carbons (Fsp3) is 0.222. The van der Waals surface area contributed by atoms with Crippen LogP contribution in [0.4, 0.5) is 0 Å². The first-order valence-corrected chi connectivity index (χ1v) is 6.42. The Bertz CT molecular complexity index is 497. The van der Waals surface area contributed by atoms with Crippen LogP contribution >= 0.6 is 23.1 Å². The summed E-state index contributed by atoms with van der Waals surface area (Å²) < 4.78 is 5.09. The van der Waals surface area contributed by atoms with Crippen LogP contribution in [0.3, 0.4) is 0 Å². The lowest BCUT2D eigenvalue weighted by Crippen LogP contribution is -1.82. The Labute approximate surface area is 94.9 Å². The Hall–Kier alpha value is -1.32. The normalized spacial score (nSPS) is 10.1. The second-order valence-electron chi connectivity index (χ2n) is 2.72. The van der Waals surface area contributed by atoms with Crippen LogP contribution in [-0.4, -0.2) is 16.4 Å². The minimum atomic E-state index is 0.436. The maximum Gasteiger partial charge on any atom is 0.269 e. The van der Waals surface area contributed by atoms with Crippen LogP contribution in [0.25, 0.3) is 10.8 Å². The third-order valence-corrected chi connectivity index (χ3v) is 3.17. The van der Waals surface area contributed by atoms with Gasteiger partial charge in [0, 0.05) is 0 Å². The molecule has 0 aromatic carbocycles. The number of rotatable bonds is 3. The van der Waals surface area contributed by atoms with Crippen molar-refractivity contribution < 1.29 is 4.52 Å². The van der Waals surface area contributed by atoms with E-state index in [1.807, 2.05) is 11.6 Å². The van der Waals surface area contributed by atoms with Crippen LogP contribution in [0.1, 0.15) is 11.4 Å². The molecule has 4 nitrogen and oxygen atoms in total. The van der Waals surface area contributed by atoms with Crippen LogP contribution < -0.4 is 0 Å². The lowest BCUT2D eigenvalue weighted by atomic mass is 10.3. The third kappa shape index (κ3) is 2.03. The summed E-state index contributed by atoms with van der Waals surface area (Å²) in [5.74, 6) is 1.82. The smallest absolute Gasteiger partial charge is 0.269 e. The van der Waals surface area contributed by atoms with Gasteiger partial charge in [-0.1, -0.05) is 5.16 Å². The topological polar surface area (TPSA) is 62.7 Å². The molecule has 0 bridgehead atoms.